The Bertz CT molecular complexity index is 564. The van der Waals surface area contributed by atoms with Gasteiger partial charge in [0.25, 0.3) is 0 Å². The summed E-state index contributed by atoms with van der Waals surface area (Å²) < 4.78 is 0. The number of amides is 4. The van der Waals surface area contributed by atoms with E-state index in [1.165, 1.54) is 9.80 Å². The van der Waals surface area contributed by atoms with Gasteiger partial charge in [-0.05, 0) is 18.3 Å². The summed E-state index contributed by atoms with van der Waals surface area (Å²) in [5.74, 6) is -0.637. The van der Waals surface area contributed by atoms with E-state index in [0.29, 0.717) is 25.9 Å². The number of unbranched alkanes of at least 4 members (excludes halogenated alkanes) is 3. The number of hydrogen-bond donors (Lipinski definition) is 0. The number of hydrogen-bond acceptors (Lipinski definition) is 4. The summed E-state index contributed by atoms with van der Waals surface area (Å²) in [6, 6.07) is 0. The summed E-state index contributed by atoms with van der Waals surface area (Å²) in [4.78, 5) is 50.7. The highest BCUT2D eigenvalue weighted by atomic mass is 16.2. The third kappa shape index (κ3) is 4.47. The monoisotopic (exact) mass is 350 g/mol. The summed E-state index contributed by atoms with van der Waals surface area (Å²) >= 11 is 0. The Morgan fingerprint density at radius 3 is 1.68 bits per heavy atom. The molecule has 0 radical (unpaired) electrons. The van der Waals surface area contributed by atoms with E-state index in [1.807, 2.05) is 20.8 Å². The van der Waals surface area contributed by atoms with Crippen molar-refractivity contribution in [3.05, 3.63) is 0 Å². The minimum atomic E-state index is -0.214. The van der Waals surface area contributed by atoms with Crippen molar-refractivity contribution in [1.82, 2.24) is 9.80 Å². The molecule has 0 saturated carbocycles. The molecule has 2 heterocycles. The number of nitrogens with zero attached hydrogens (tertiary/aromatic N) is 2. The normalized spacial score (nSPS) is 24.8. The smallest absolute Gasteiger partial charge is 0.233 e. The molecule has 140 valence electrons. The maximum atomic E-state index is 12.4. The SMILES string of the molecule is C[C@H]1CC(=O)N(CCCCCCN2C(=O)CC(C(C)(C)C)C2=O)C1=O. The predicted molar refractivity (Wildman–Crippen MR) is 93.3 cm³/mol. The van der Waals surface area contributed by atoms with Gasteiger partial charge in [0.15, 0.2) is 0 Å². The molecule has 0 bridgehead atoms. The lowest BCUT2D eigenvalue weighted by Crippen LogP contribution is -2.34. The molecule has 4 amide bonds. The Morgan fingerprint density at radius 1 is 0.800 bits per heavy atom. The van der Waals surface area contributed by atoms with Crippen LogP contribution in [0.25, 0.3) is 0 Å². The second-order valence-electron chi connectivity index (χ2n) is 8.41. The number of imide groups is 2. The lowest BCUT2D eigenvalue weighted by Gasteiger charge is -2.24. The molecular weight excluding hydrogens is 320 g/mol. The van der Waals surface area contributed by atoms with E-state index < -0.39 is 0 Å². The lowest BCUT2D eigenvalue weighted by molar-refractivity contribution is -0.141. The molecule has 2 saturated heterocycles. The van der Waals surface area contributed by atoms with Crippen LogP contribution in [0.4, 0.5) is 0 Å². The Balaban J connectivity index is 1.67. The highest BCUT2D eigenvalue weighted by Crippen LogP contribution is 2.35. The van der Waals surface area contributed by atoms with Gasteiger partial charge in [0, 0.05) is 31.8 Å². The molecule has 0 aromatic heterocycles. The maximum Gasteiger partial charge on any atom is 0.233 e. The molecule has 2 aliphatic rings. The third-order valence-corrected chi connectivity index (χ3v) is 5.27. The van der Waals surface area contributed by atoms with Crippen LogP contribution in [0.1, 0.15) is 66.2 Å². The van der Waals surface area contributed by atoms with Crippen LogP contribution in [0.15, 0.2) is 0 Å². The van der Waals surface area contributed by atoms with Crippen LogP contribution in [-0.2, 0) is 19.2 Å². The van der Waals surface area contributed by atoms with Gasteiger partial charge in [0.2, 0.25) is 23.6 Å². The van der Waals surface area contributed by atoms with Gasteiger partial charge in [-0.1, -0.05) is 40.5 Å². The summed E-state index contributed by atoms with van der Waals surface area (Å²) in [5.41, 5.74) is -0.187. The molecule has 2 fully saturated rings. The molecule has 0 N–H and O–H groups in total. The van der Waals surface area contributed by atoms with Crippen molar-refractivity contribution in [2.75, 3.05) is 13.1 Å². The number of carbonyl (C=O) groups is 4. The highest BCUT2D eigenvalue weighted by Gasteiger charge is 2.44. The van der Waals surface area contributed by atoms with E-state index in [9.17, 15) is 19.2 Å². The van der Waals surface area contributed by atoms with Gasteiger partial charge in [-0.2, -0.15) is 0 Å². The quantitative estimate of drug-likeness (QED) is 0.522. The first kappa shape index (κ1) is 19.6. The van der Waals surface area contributed by atoms with Crippen molar-refractivity contribution >= 4 is 23.6 Å². The van der Waals surface area contributed by atoms with Gasteiger partial charge >= 0.3 is 0 Å². The van der Waals surface area contributed by atoms with Gasteiger partial charge in [0.05, 0.1) is 5.92 Å². The average Bonchev–Trinajstić information content (AvgIpc) is 2.93. The molecule has 0 spiro atoms. The summed E-state index contributed by atoms with van der Waals surface area (Å²) in [7, 11) is 0. The molecule has 0 aliphatic carbocycles. The van der Waals surface area contributed by atoms with E-state index in [1.54, 1.807) is 6.92 Å². The van der Waals surface area contributed by atoms with Crippen molar-refractivity contribution in [3.63, 3.8) is 0 Å². The standard InChI is InChI=1S/C19H30N2O4/c1-13-11-15(22)20(17(13)24)9-7-5-6-8-10-21-16(23)12-14(18(21)25)19(2,3)4/h13-14H,5-12H2,1-4H3/t13-,14?/m0/s1. The second kappa shape index (κ2) is 7.67. The summed E-state index contributed by atoms with van der Waals surface area (Å²) in [6.45, 7) is 8.73. The number of rotatable bonds is 7. The molecule has 2 rings (SSSR count). The fourth-order valence-corrected chi connectivity index (χ4v) is 3.57. The fourth-order valence-electron chi connectivity index (χ4n) is 3.57. The number of likely N-dealkylation sites (tertiary alicyclic amines) is 2. The minimum absolute atomic E-state index is 0.0419. The highest BCUT2D eigenvalue weighted by molar-refractivity contribution is 6.04. The second-order valence-corrected chi connectivity index (χ2v) is 8.41. The third-order valence-electron chi connectivity index (χ3n) is 5.27. The molecule has 0 aromatic carbocycles. The van der Waals surface area contributed by atoms with Gasteiger partial charge < -0.3 is 0 Å². The van der Waals surface area contributed by atoms with E-state index in [0.717, 1.165) is 25.7 Å². The molecule has 1 unspecified atom stereocenters. The molecule has 2 atom stereocenters. The van der Waals surface area contributed by atoms with Crippen molar-refractivity contribution in [2.24, 2.45) is 17.3 Å². The van der Waals surface area contributed by atoms with E-state index in [2.05, 4.69) is 0 Å². The molecule has 2 aliphatic heterocycles. The van der Waals surface area contributed by atoms with Crippen LogP contribution < -0.4 is 0 Å². The average molecular weight is 350 g/mol. The lowest BCUT2D eigenvalue weighted by atomic mass is 9.80. The molecular formula is C19H30N2O4. The predicted octanol–water partition coefficient (Wildman–Crippen LogP) is 2.36. The van der Waals surface area contributed by atoms with E-state index in [-0.39, 0.29) is 40.9 Å². The largest absolute Gasteiger partial charge is 0.282 e. The van der Waals surface area contributed by atoms with Gasteiger partial charge in [0.1, 0.15) is 0 Å². The fraction of sp³-hybridized carbons (Fsp3) is 0.789. The van der Waals surface area contributed by atoms with E-state index in [4.69, 9.17) is 0 Å². The van der Waals surface area contributed by atoms with Crippen LogP contribution in [0, 0.1) is 17.3 Å². The maximum absolute atomic E-state index is 12.4. The van der Waals surface area contributed by atoms with Crippen molar-refractivity contribution in [3.8, 4) is 0 Å². The van der Waals surface area contributed by atoms with Gasteiger partial charge in [-0.15, -0.1) is 0 Å². The zero-order valence-electron chi connectivity index (χ0n) is 15.8. The summed E-state index contributed by atoms with van der Waals surface area (Å²) in [6.07, 6.45) is 3.95. The Kier molecular flexibility index (Phi) is 6.01. The molecule has 6 heteroatoms. The molecule has 6 nitrogen and oxygen atoms in total. The molecule has 25 heavy (non-hydrogen) atoms. The zero-order valence-corrected chi connectivity index (χ0v) is 15.8. The first-order chi connectivity index (χ1) is 11.6. The minimum Gasteiger partial charge on any atom is -0.282 e. The first-order valence-electron chi connectivity index (χ1n) is 9.31. The van der Waals surface area contributed by atoms with Gasteiger partial charge in [-0.3, -0.25) is 29.0 Å². The van der Waals surface area contributed by atoms with Crippen LogP contribution in [0.5, 0.6) is 0 Å². The van der Waals surface area contributed by atoms with Crippen molar-refractivity contribution in [2.45, 2.75) is 66.2 Å². The van der Waals surface area contributed by atoms with Crippen LogP contribution in [-0.4, -0.2) is 46.5 Å². The van der Waals surface area contributed by atoms with Crippen LogP contribution in [0.2, 0.25) is 0 Å². The van der Waals surface area contributed by atoms with E-state index >= 15 is 0 Å². The topological polar surface area (TPSA) is 74.8 Å². The molecule has 0 aromatic rings. The van der Waals surface area contributed by atoms with Crippen molar-refractivity contribution in [1.29, 1.82) is 0 Å². The van der Waals surface area contributed by atoms with Crippen LogP contribution >= 0.6 is 0 Å². The Labute approximate surface area is 149 Å². The summed E-state index contributed by atoms with van der Waals surface area (Å²) in [5, 5.41) is 0. The first-order valence-corrected chi connectivity index (χ1v) is 9.31. The van der Waals surface area contributed by atoms with Crippen LogP contribution in [0.3, 0.4) is 0 Å². The van der Waals surface area contributed by atoms with Crippen molar-refractivity contribution < 1.29 is 19.2 Å². The Hall–Kier alpha value is -1.72. The number of carbonyl (C=O) groups excluding carboxylic acids is 4. The van der Waals surface area contributed by atoms with Gasteiger partial charge in [-0.25, -0.2) is 0 Å². The Morgan fingerprint density at radius 2 is 1.28 bits per heavy atom. The zero-order chi connectivity index (χ0) is 18.8.